The Morgan fingerprint density at radius 3 is 2.28 bits per heavy atom. The Balaban J connectivity index is 1.83. The summed E-state index contributed by atoms with van der Waals surface area (Å²) in [6, 6.07) is 29.4. The second-order valence-electron chi connectivity index (χ2n) is 6.16. The van der Waals surface area contributed by atoms with Gasteiger partial charge in [0, 0.05) is 39.2 Å². The van der Waals surface area contributed by atoms with Gasteiger partial charge in [-0.1, -0.05) is 72.8 Å². The number of nitrogens with one attached hydrogen (secondary N) is 1. The molecule has 0 atom stereocenters. The van der Waals surface area contributed by atoms with Gasteiger partial charge in [-0.05, 0) is 12.1 Å². The molecule has 0 fully saturated rings. The molecular weight excluding hydrogens is 304 g/mol. The summed E-state index contributed by atoms with van der Waals surface area (Å²) in [5, 5.41) is 2.50. The van der Waals surface area contributed by atoms with Crippen molar-refractivity contribution in [1.82, 2.24) is 9.97 Å². The van der Waals surface area contributed by atoms with Crippen molar-refractivity contribution in [3.63, 3.8) is 0 Å². The third kappa shape index (κ3) is 2.23. The molecule has 3 aromatic carbocycles. The summed E-state index contributed by atoms with van der Waals surface area (Å²) in [6.07, 6.45) is 1.86. The van der Waals surface area contributed by atoms with Gasteiger partial charge >= 0.3 is 0 Å². The predicted molar refractivity (Wildman–Crippen MR) is 104 cm³/mol. The zero-order valence-electron chi connectivity index (χ0n) is 13.6. The highest BCUT2D eigenvalue weighted by Gasteiger charge is 2.13. The first-order valence-electron chi connectivity index (χ1n) is 8.42. The van der Waals surface area contributed by atoms with Crippen molar-refractivity contribution in [3.8, 4) is 22.4 Å². The number of para-hydroxylation sites is 2. The van der Waals surface area contributed by atoms with Gasteiger partial charge in [0.2, 0.25) is 0 Å². The molecule has 0 spiro atoms. The topological polar surface area (TPSA) is 28.7 Å². The van der Waals surface area contributed by atoms with Gasteiger partial charge in [0.25, 0.3) is 0 Å². The Morgan fingerprint density at radius 2 is 1.36 bits per heavy atom. The minimum atomic E-state index is 1.01. The molecule has 0 aliphatic carbocycles. The molecule has 2 aromatic heterocycles. The lowest BCUT2D eigenvalue weighted by Gasteiger charge is -2.10. The number of hydrogen-bond donors (Lipinski definition) is 1. The van der Waals surface area contributed by atoms with Crippen molar-refractivity contribution in [3.05, 3.63) is 91.1 Å². The van der Waals surface area contributed by atoms with Crippen LogP contribution in [0.4, 0.5) is 0 Å². The van der Waals surface area contributed by atoms with Crippen LogP contribution in [0.1, 0.15) is 0 Å². The van der Waals surface area contributed by atoms with E-state index in [4.69, 9.17) is 0 Å². The lowest BCUT2D eigenvalue weighted by molar-refractivity contribution is 1.33. The number of benzene rings is 3. The van der Waals surface area contributed by atoms with Gasteiger partial charge in [0.15, 0.2) is 0 Å². The first kappa shape index (κ1) is 14.0. The lowest BCUT2D eigenvalue weighted by Crippen LogP contribution is -1.89. The van der Waals surface area contributed by atoms with E-state index in [9.17, 15) is 0 Å². The smallest absolute Gasteiger partial charge is 0.0781 e. The van der Waals surface area contributed by atoms with Gasteiger partial charge in [-0.2, -0.15) is 0 Å². The van der Waals surface area contributed by atoms with E-state index in [1.807, 2.05) is 18.3 Å². The monoisotopic (exact) mass is 320 g/mol. The second-order valence-corrected chi connectivity index (χ2v) is 6.16. The van der Waals surface area contributed by atoms with Gasteiger partial charge in [-0.3, -0.25) is 4.98 Å². The van der Waals surface area contributed by atoms with Crippen LogP contribution in [-0.2, 0) is 0 Å². The van der Waals surface area contributed by atoms with Crippen LogP contribution in [0, 0.1) is 0 Å². The van der Waals surface area contributed by atoms with Crippen LogP contribution in [0.25, 0.3) is 44.2 Å². The minimum absolute atomic E-state index is 1.01. The first-order chi connectivity index (χ1) is 12.4. The van der Waals surface area contributed by atoms with Crippen molar-refractivity contribution in [1.29, 1.82) is 0 Å². The molecule has 0 saturated carbocycles. The van der Waals surface area contributed by atoms with Crippen LogP contribution in [0.5, 0.6) is 0 Å². The van der Waals surface area contributed by atoms with E-state index in [1.54, 1.807) is 0 Å². The van der Waals surface area contributed by atoms with Crippen LogP contribution in [0.15, 0.2) is 91.1 Å². The van der Waals surface area contributed by atoms with Crippen LogP contribution >= 0.6 is 0 Å². The molecule has 0 unspecified atom stereocenters. The van der Waals surface area contributed by atoms with Crippen LogP contribution < -0.4 is 0 Å². The summed E-state index contributed by atoms with van der Waals surface area (Å²) < 4.78 is 0. The van der Waals surface area contributed by atoms with Crippen LogP contribution in [0.3, 0.4) is 0 Å². The molecule has 2 nitrogen and oxygen atoms in total. The summed E-state index contributed by atoms with van der Waals surface area (Å²) in [4.78, 5) is 8.27. The van der Waals surface area contributed by atoms with E-state index in [2.05, 4.69) is 82.8 Å². The van der Waals surface area contributed by atoms with Crippen molar-refractivity contribution in [2.24, 2.45) is 0 Å². The number of rotatable bonds is 2. The van der Waals surface area contributed by atoms with E-state index >= 15 is 0 Å². The van der Waals surface area contributed by atoms with Crippen LogP contribution in [0.2, 0.25) is 0 Å². The van der Waals surface area contributed by atoms with E-state index in [0.717, 1.165) is 27.9 Å². The maximum absolute atomic E-state index is 4.67. The molecule has 0 radical (unpaired) electrons. The number of nitrogens with zero attached hydrogens (tertiary/aromatic N) is 1. The number of hydrogen-bond acceptors (Lipinski definition) is 1. The highest BCUT2D eigenvalue weighted by atomic mass is 14.7. The molecule has 0 aliphatic rings. The number of fused-ring (bicyclic) bond motifs is 3. The highest BCUT2D eigenvalue weighted by Crippen LogP contribution is 2.36. The van der Waals surface area contributed by atoms with Crippen molar-refractivity contribution in [2.75, 3.05) is 0 Å². The van der Waals surface area contributed by atoms with E-state index in [1.165, 1.54) is 16.3 Å². The molecule has 1 N–H and O–H groups in total. The summed E-state index contributed by atoms with van der Waals surface area (Å²) >= 11 is 0. The number of H-pyrrole nitrogens is 1. The highest BCUT2D eigenvalue weighted by molar-refractivity contribution is 6.12. The molecule has 25 heavy (non-hydrogen) atoms. The first-order valence-corrected chi connectivity index (χ1v) is 8.42. The molecule has 0 saturated heterocycles. The van der Waals surface area contributed by atoms with Gasteiger partial charge in [-0.25, -0.2) is 0 Å². The van der Waals surface area contributed by atoms with Gasteiger partial charge in [0.1, 0.15) is 0 Å². The standard InChI is InChI=1S/C23H16N2/c1-2-8-16(9-3-1)22-19(13-7-15-24-22)20-12-6-11-18-17-10-4-5-14-21(17)25-23(18)20/h1-15,25H. The van der Waals surface area contributed by atoms with Crippen molar-refractivity contribution < 1.29 is 0 Å². The maximum Gasteiger partial charge on any atom is 0.0781 e. The Morgan fingerprint density at radius 1 is 0.600 bits per heavy atom. The Labute approximate surface area is 145 Å². The third-order valence-electron chi connectivity index (χ3n) is 4.69. The Bertz CT molecular complexity index is 1190. The molecule has 0 aliphatic heterocycles. The lowest BCUT2D eigenvalue weighted by atomic mass is 9.97. The summed E-state index contributed by atoms with van der Waals surface area (Å²) in [7, 11) is 0. The molecule has 2 heterocycles. The second kappa shape index (κ2) is 5.60. The third-order valence-corrected chi connectivity index (χ3v) is 4.69. The Kier molecular flexibility index (Phi) is 3.14. The summed E-state index contributed by atoms with van der Waals surface area (Å²) in [5.74, 6) is 0. The average molecular weight is 320 g/mol. The average Bonchev–Trinajstić information content (AvgIpc) is 3.07. The summed E-state index contributed by atoms with van der Waals surface area (Å²) in [5.41, 5.74) is 6.79. The molecule has 5 aromatic rings. The molecular formula is C23H16N2. The normalized spacial score (nSPS) is 11.2. The fourth-order valence-corrected chi connectivity index (χ4v) is 3.55. The predicted octanol–water partition coefficient (Wildman–Crippen LogP) is 6.05. The molecule has 0 bridgehead atoms. The largest absolute Gasteiger partial charge is 0.354 e. The van der Waals surface area contributed by atoms with E-state index < -0.39 is 0 Å². The van der Waals surface area contributed by atoms with E-state index in [0.29, 0.717) is 0 Å². The number of aromatic nitrogens is 2. The van der Waals surface area contributed by atoms with Gasteiger partial charge < -0.3 is 4.98 Å². The SMILES string of the molecule is c1ccc(-c2ncccc2-c2cccc3c2[nH]c2ccccc23)cc1. The van der Waals surface area contributed by atoms with E-state index in [-0.39, 0.29) is 0 Å². The summed E-state index contributed by atoms with van der Waals surface area (Å²) in [6.45, 7) is 0. The fraction of sp³-hybridized carbons (Fsp3) is 0. The maximum atomic E-state index is 4.67. The zero-order chi connectivity index (χ0) is 16.6. The molecule has 118 valence electrons. The molecule has 2 heteroatoms. The number of aromatic amines is 1. The number of pyridine rings is 1. The molecule has 0 amide bonds. The fourth-order valence-electron chi connectivity index (χ4n) is 3.55. The van der Waals surface area contributed by atoms with Gasteiger partial charge in [0.05, 0.1) is 11.2 Å². The molecule has 5 rings (SSSR count). The zero-order valence-corrected chi connectivity index (χ0v) is 13.6. The van der Waals surface area contributed by atoms with Crippen molar-refractivity contribution >= 4 is 21.8 Å². The minimum Gasteiger partial charge on any atom is -0.354 e. The van der Waals surface area contributed by atoms with Crippen molar-refractivity contribution in [2.45, 2.75) is 0 Å². The quantitative estimate of drug-likeness (QED) is 0.421. The van der Waals surface area contributed by atoms with Gasteiger partial charge in [-0.15, -0.1) is 0 Å². The van der Waals surface area contributed by atoms with Crippen LogP contribution in [-0.4, -0.2) is 9.97 Å². The Hall–Kier alpha value is -3.39.